The van der Waals surface area contributed by atoms with Crippen molar-refractivity contribution in [3.05, 3.63) is 65.2 Å². The Morgan fingerprint density at radius 1 is 1.21 bits per heavy atom. The number of halogens is 1. The first-order valence-electron chi connectivity index (χ1n) is 7.48. The Labute approximate surface area is 144 Å². The minimum atomic E-state index is -0.270. The number of hydrogen-bond acceptors (Lipinski definition) is 4. The SMILES string of the molecule is C[C@@H](NC(=O)Cc1ccc(Cl)cc1)c1nc(-c2ccncc2)n[nH]1. The summed E-state index contributed by atoms with van der Waals surface area (Å²) in [5.74, 6) is 1.09. The molecule has 2 N–H and O–H groups in total. The number of carbonyl (C=O) groups is 1. The van der Waals surface area contributed by atoms with Gasteiger partial charge in [-0.3, -0.25) is 14.9 Å². The molecule has 2 aromatic heterocycles. The molecule has 1 amide bonds. The first-order valence-corrected chi connectivity index (χ1v) is 7.86. The van der Waals surface area contributed by atoms with Crippen molar-refractivity contribution < 1.29 is 4.79 Å². The van der Waals surface area contributed by atoms with Gasteiger partial charge in [-0.05, 0) is 36.8 Å². The van der Waals surface area contributed by atoms with Crippen LogP contribution >= 0.6 is 11.6 Å². The van der Waals surface area contributed by atoms with Gasteiger partial charge in [0.25, 0.3) is 0 Å². The molecule has 7 heteroatoms. The van der Waals surface area contributed by atoms with Gasteiger partial charge >= 0.3 is 0 Å². The molecule has 0 saturated heterocycles. The average molecular weight is 342 g/mol. The summed E-state index contributed by atoms with van der Waals surface area (Å²) in [5.41, 5.74) is 1.77. The van der Waals surface area contributed by atoms with Crippen LogP contribution in [-0.2, 0) is 11.2 Å². The lowest BCUT2D eigenvalue weighted by atomic mass is 10.1. The molecule has 0 bridgehead atoms. The molecule has 3 rings (SSSR count). The van der Waals surface area contributed by atoms with Crippen molar-refractivity contribution in [2.45, 2.75) is 19.4 Å². The quantitative estimate of drug-likeness (QED) is 0.747. The molecule has 122 valence electrons. The van der Waals surface area contributed by atoms with E-state index in [1.807, 2.05) is 31.2 Å². The van der Waals surface area contributed by atoms with Gasteiger partial charge in [-0.2, -0.15) is 5.10 Å². The van der Waals surface area contributed by atoms with Crippen LogP contribution in [0.1, 0.15) is 24.4 Å². The molecule has 0 aliphatic carbocycles. The maximum atomic E-state index is 12.1. The van der Waals surface area contributed by atoms with Gasteiger partial charge in [-0.25, -0.2) is 4.98 Å². The Morgan fingerprint density at radius 2 is 1.92 bits per heavy atom. The zero-order chi connectivity index (χ0) is 16.9. The molecule has 24 heavy (non-hydrogen) atoms. The predicted octanol–water partition coefficient (Wildman–Crippen LogP) is 2.94. The third-order valence-electron chi connectivity index (χ3n) is 3.51. The minimum absolute atomic E-state index is 0.0910. The van der Waals surface area contributed by atoms with Gasteiger partial charge in [0, 0.05) is 23.0 Å². The second kappa shape index (κ2) is 7.23. The fourth-order valence-corrected chi connectivity index (χ4v) is 2.37. The van der Waals surface area contributed by atoms with Gasteiger partial charge in [0.05, 0.1) is 12.5 Å². The first kappa shape index (κ1) is 16.1. The van der Waals surface area contributed by atoms with Gasteiger partial charge in [0.2, 0.25) is 5.91 Å². The van der Waals surface area contributed by atoms with Gasteiger partial charge in [-0.1, -0.05) is 23.7 Å². The number of hydrogen-bond donors (Lipinski definition) is 2. The molecule has 1 aromatic carbocycles. The Morgan fingerprint density at radius 3 is 2.62 bits per heavy atom. The van der Waals surface area contributed by atoms with Crippen LogP contribution in [0.2, 0.25) is 5.02 Å². The summed E-state index contributed by atoms with van der Waals surface area (Å²) in [6, 6.07) is 10.6. The Hall–Kier alpha value is -2.73. The number of rotatable bonds is 5. The summed E-state index contributed by atoms with van der Waals surface area (Å²) in [6.45, 7) is 1.86. The zero-order valence-corrected chi connectivity index (χ0v) is 13.8. The molecule has 2 heterocycles. The molecule has 0 radical (unpaired) electrons. The summed E-state index contributed by atoms with van der Waals surface area (Å²) in [4.78, 5) is 20.5. The summed E-state index contributed by atoms with van der Waals surface area (Å²) in [5, 5.41) is 10.6. The highest BCUT2D eigenvalue weighted by atomic mass is 35.5. The van der Waals surface area contributed by atoms with Crippen molar-refractivity contribution in [1.82, 2.24) is 25.5 Å². The first-order chi connectivity index (χ1) is 11.6. The van der Waals surface area contributed by atoms with Gasteiger partial charge in [-0.15, -0.1) is 0 Å². The second-order valence-corrected chi connectivity index (χ2v) is 5.81. The number of H-pyrrole nitrogens is 1. The van der Waals surface area contributed by atoms with Crippen LogP contribution in [0, 0.1) is 0 Å². The fraction of sp³-hybridized carbons (Fsp3) is 0.176. The van der Waals surface area contributed by atoms with Crippen molar-refractivity contribution in [3.8, 4) is 11.4 Å². The van der Waals surface area contributed by atoms with Crippen LogP contribution < -0.4 is 5.32 Å². The molecular weight excluding hydrogens is 326 g/mol. The number of nitrogens with one attached hydrogen (secondary N) is 2. The third-order valence-corrected chi connectivity index (χ3v) is 3.76. The van der Waals surface area contributed by atoms with E-state index in [1.165, 1.54) is 0 Å². The monoisotopic (exact) mass is 341 g/mol. The maximum absolute atomic E-state index is 12.1. The summed E-state index contributed by atoms with van der Waals surface area (Å²) in [6.07, 6.45) is 3.65. The number of nitrogens with zero attached hydrogens (tertiary/aromatic N) is 3. The molecule has 0 fully saturated rings. The molecule has 0 unspecified atom stereocenters. The van der Waals surface area contributed by atoms with E-state index in [0.29, 0.717) is 16.7 Å². The normalized spacial score (nSPS) is 11.9. The fourth-order valence-electron chi connectivity index (χ4n) is 2.25. The highest BCUT2D eigenvalue weighted by Gasteiger charge is 2.15. The second-order valence-electron chi connectivity index (χ2n) is 5.37. The molecule has 0 saturated carbocycles. The van der Waals surface area contributed by atoms with E-state index >= 15 is 0 Å². The lowest BCUT2D eigenvalue weighted by molar-refractivity contribution is -0.121. The third kappa shape index (κ3) is 3.97. The molecule has 1 atom stereocenters. The van der Waals surface area contributed by atoms with E-state index in [-0.39, 0.29) is 18.4 Å². The molecule has 0 spiro atoms. The summed E-state index contributed by atoms with van der Waals surface area (Å²) >= 11 is 5.84. The number of pyridine rings is 1. The predicted molar refractivity (Wildman–Crippen MR) is 91.3 cm³/mol. The van der Waals surface area contributed by atoms with E-state index in [2.05, 4.69) is 25.5 Å². The lowest BCUT2D eigenvalue weighted by Crippen LogP contribution is -2.28. The van der Waals surface area contributed by atoms with Gasteiger partial charge in [0.15, 0.2) is 5.82 Å². The highest BCUT2D eigenvalue weighted by molar-refractivity contribution is 6.30. The molecule has 0 aliphatic heterocycles. The van der Waals surface area contributed by atoms with E-state index in [0.717, 1.165) is 11.1 Å². The Kier molecular flexibility index (Phi) is 4.86. The van der Waals surface area contributed by atoms with Crippen LogP contribution in [0.3, 0.4) is 0 Å². The highest BCUT2D eigenvalue weighted by Crippen LogP contribution is 2.16. The Balaban J connectivity index is 1.62. The topological polar surface area (TPSA) is 83.6 Å². The van der Waals surface area contributed by atoms with Crippen molar-refractivity contribution in [3.63, 3.8) is 0 Å². The summed E-state index contributed by atoms with van der Waals surface area (Å²) in [7, 11) is 0. The number of carbonyl (C=O) groups excluding carboxylic acids is 1. The molecule has 6 nitrogen and oxygen atoms in total. The smallest absolute Gasteiger partial charge is 0.224 e. The molecule has 0 aliphatic rings. The van der Waals surface area contributed by atoms with Crippen molar-refractivity contribution in [2.24, 2.45) is 0 Å². The maximum Gasteiger partial charge on any atom is 0.224 e. The van der Waals surface area contributed by atoms with Crippen LogP contribution in [0.5, 0.6) is 0 Å². The van der Waals surface area contributed by atoms with E-state index < -0.39 is 0 Å². The zero-order valence-electron chi connectivity index (χ0n) is 13.0. The Bertz CT molecular complexity index is 817. The standard InChI is InChI=1S/C17H16ClN5O/c1-11(20-15(24)10-12-2-4-14(18)5-3-12)16-21-17(23-22-16)13-6-8-19-9-7-13/h2-9,11H,10H2,1H3,(H,20,24)(H,21,22,23)/t11-/m1/s1. The van der Waals surface area contributed by atoms with Crippen molar-refractivity contribution >= 4 is 17.5 Å². The number of aromatic nitrogens is 4. The lowest BCUT2D eigenvalue weighted by Gasteiger charge is -2.11. The van der Waals surface area contributed by atoms with Crippen LogP contribution in [0.15, 0.2) is 48.8 Å². The van der Waals surface area contributed by atoms with Crippen LogP contribution in [-0.4, -0.2) is 26.1 Å². The largest absolute Gasteiger partial charge is 0.346 e. The van der Waals surface area contributed by atoms with Crippen molar-refractivity contribution in [1.29, 1.82) is 0 Å². The van der Waals surface area contributed by atoms with E-state index in [1.54, 1.807) is 24.5 Å². The molecular formula is C17H16ClN5O. The van der Waals surface area contributed by atoms with Gasteiger partial charge < -0.3 is 5.32 Å². The number of aromatic amines is 1. The van der Waals surface area contributed by atoms with E-state index in [4.69, 9.17) is 11.6 Å². The van der Waals surface area contributed by atoms with E-state index in [9.17, 15) is 4.79 Å². The number of benzene rings is 1. The summed E-state index contributed by atoms with van der Waals surface area (Å²) < 4.78 is 0. The number of amides is 1. The van der Waals surface area contributed by atoms with Crippen LogP contribution in [0.25, 0.3) is 11.4 Å². The van der Waals surface area contributed by atoms with Crippen LogP contribution in [0.4, 0.5) is 0 Å². The average Bonchev–Trinajstić information content (AvgIpc) is 3.08. The minimum Gasteiger partial charge on any atom is -0.346 e. The molecule has 3 aromatic rings. The van der Waals surface area contributed by atoms with Crippen molar-refractivity contribution in [2.75, 3.05) is 0 Å². The van der Waals surface area contributed by atoms with Gasteiger partial charge in [0.1, 0.15) is 5.82 Å².